The van der Waals surface area contributed by atoms with Crippen LogP contribution in [0.5, 0.6) is 5.75 Å². The number of piperidine rings is 1. The summed E-state index contributed by atoms with van der Waals surface area (Å²) in [5.41, 5.74) is 4.89. The monoisotopic (exact) mass is 365 g/mol. The molecule has 0 unspecified atom stereocenters. The van der Waals surface area contributed by atoms with Gasteiger partial charge in [0.25, 0.3) is 5.91 Å². The van der Waals surface area contributed by atoms with Gasteiger partial charge >= 0.3 is 0 Å². The van der Waals surface area contributed by atoms with Crippen molar-refractivity contribution in [2.45, 2.75) is 44.7 Å². The third kappa shape index (κ3) is 3.98. The van der Waals surface area contributed by atoms with Crippen LogP contribution in [0.2, 0.25) is 0 Å². The van der Waals surface area contributed by atoms with Crippen molar-refractivity contribution >= 4 is 5.91 Å². The SMILES string of the molecule is COc1cc2c(cc1CNC1CCN(C(=O)c3ccncc3)CC1)CCC2. The van der Waals surface area contributed by atoms with Gasteiger partial charge in [-0.15, -0.1) is 0 Å². The van der Waals surface area contributed by atoms with E-state index < -0.39 is 0 Å². The molecule has 0 atom stereocenters. The zero-order valence-electron chi connectivity index (χ0n) is 15.9. The fourth-order valence-corrected chi connectivity index (χ4v) is 4.20. The molecule has 142 valence electrons. The van der Waals surface area contributed by atoms with Crippen molar-refractivity contribution in [2.75, 3.05) is 20.2 Å². The number of ether oxygens (including phenoxy) is 1. The predicted octanol–water partition coefficient (Wildman–Crippen LogP) is 2.97. The topological polar surface area (TPSA) is 54.5 Å². The molecule has 1 fully saturated rings. The van der Waals surface area contributed by atoms with E-state index in [1.807, 2.05) is 4.90 Å². The number of hydrogen-bond donors (Lipinski definition) is 1. The van der Waals surface area contributed by atoms with E-state index in [1.165, 1.54) is 36.0 Å². The van der Waals surface area contributed by atoms with Crippen LogP contribution in [0.1, 0.15) is 46.3 Å². The maximum atomic E-state index is 12.5. The Balaban J connectivity index is 1.32. The van der Waals surface area contributed by atoms with Crippen molar-refractivity contribution in [1.82, 2.24) is 15.2 Å². The second kappa shape index (κ2) is 8.09. The largest absolute Gasteiger partial charge is 0.496 e. The summed E-state index contributed by atoms with van der Waals surface area (Å²) in [6.07, 6.45) is 8.90. The van der Waals surface area contributed by atoms with Crippen molar-refractivity contribution in [1.29, 1.82) is 0 Å². The molecule has 0 bridgehead atoms. The number of carbonyl (C=O) groups excluding carboxylic acids is 1. The summed E-state index contributed by atoms with van der Waals surface area (Å²) in [4.78, 5) is 18.5. The van der Waals surface area contributed by atoms with Crippen LogP contribution >= 0.6 is 0 Å². The quantitative estimate of drug-likeness (QED) is 0.885. The summed E-state index contributed by atoms with van der Waals surface area (Å²) in [6, 6.07) is 8.54. The second-order valence-corrected chi connectivity index (χ2v) is 7.47. The van der Waals surface area contributed by atoms with Crippen LogP contribution in [0.25, 0.3) is 0 Å². The first-order valence-electron chi connectivity index (χ1n) is 9.86. The highest BCUT2D eigenvalue weighted by atomic mass is 16.5. The van der Waals surface area contributed by atoms with E-state index >= 15 is 0 Å². The number of carbonyl (C=O) groups is 1. The first-order valence-corrected chi connectivity index (χ1v) is 9.86. The van der Waals surface area contributed by atoms with Gasteiger partial charge in [0.1, 0.15) is 5.75 Å². The summed E-state index contributed by atoms with van der Waals surface area (Å²) >= 11 is 0. The number of benzene rings is 1. The molecule has 5 heteroatoms. The molecule has 1 amide bonds. The Morgan fingerprint density at radius 2 is 1.89 bits per heavy atom. The van der Waals surface area contributed by atoms with Crippen LogP contribution in [0.4, 0.5) is 0 Å². The lowest BCUT2D eigenvalue weighted by Crippen LogP contribution is -2.44. The van der Waals surface area contributed by atoms with Crippen LogP contribution in [-0.4, -0.2) is 42.0 Å². The molecular formula is C22H27N3O2. The number of likely N-dealkylation sites (tertiary alicyclic amines) is 1. The van der Waals surface area contributed by atoms with Crippen molar-refractivity contribution in [3.8, 4) is 5.75 Å². The van der Waals surface area contributed by atoms with E-state index in [4.69, 9.17) is 4.74 Å². The van der Waals surface area contributed by atoms with Crippen molar-refractivity contribution in [3.05, 3.63) is 58.9 Å². The number of methoxy groups -OCH3 is 1. The fourth-order valence-electron chi connectivity index (χ4n) is 4.20. The lowest BCUT2D eigenvalue weighted by molar-refractivity contribution is 0.0704. The van der Waals surface area contributed by atoms with E-state index in [9.17, 15) is 4.79 Å². The minimum atomic E-state index is 0.108. The third-order valence-corrected chi connectivity index (χ3v) is 5.79. The molecule has 1 aliphatic carbocycles. The number of hydrogen-bond acceptors (Lipinski definition) is 4. The molecule has 1 aromatic heterocycles. The maximum absolute atomic E-state index is 12.5. The van der Waals surface area contributed by atoms with E-state index in [0.717, 1.165) is 43.8 Å². The van der Waals surface area contributed by atoms with Crippen molar-refractivity contribution in [2.24, 2.45) is 0 Å². The van der Waals surface area contributed by atoms with Gasteiger partial charge in [0.05, 0.1) is 7.11 Å². The third-order valence-electron chi connectivity index (χ3n) is 5.79. The average Bonchev–Trinajstić information content (AvgIpc) is 3.19. The molecule has 1 aromatic carbocycles. The lowest BCUT2D eigenvalue weighted by atomic mass is 10.0. The van der Waals surface area contributed by atoms with E-state index in [0.29, 0.717) is 6.04 Å². The van der Waals surface area contributed by atoms with Crippen LogP contribution in [-0.2, 0) is 19.4 Å². The first-order chi connectivity index (χ1) is 13.2. The number of nitrogens with zero attached hydrogens (tertiary/aromatic N) is 2. The highest BCUT2D eigenvalue weighted by Gasteiger charge is 2.24. The van der Waals surface area contributed by atoms with Gasteiger partial charge in [-0.3, -0.25) is 9.78 Å². The number of rotatable bonds is 5. The van der Waals surface area contributed by atoms with Gasteiger partial charge in [-0.2, -0.15) is 0 Å². The van der Waals surface area contributed by atoms with Crippen molar-refractivity contribution in [3.63, 3.8) is 0 Å². The number of aromatic nitrogens is 1. The Hall–Kier alpha value is -2.40. The van der Waals surface area contributed by atoms with Crippen LogP contribution in [0.3, 0.4) is 0 Å². The van der Waals surface area contributed by atoms with Gasteiger partial charge in [-0.1, -0.05) is 6.07 Å². The van der Waals surface area contributed by atoms with E-state index in [2.05, 4.69) is 22.4 Å². The lowest BCUT2D eigenvalue weighted by Gasteiger charge is -2.32. The molecule has 1 saturated heterocycles. The number of aryl methyl sites for hydroxylation is 2. The average molecular weight is 365 g/mol. The van der Waals surface area contributed by atoms with Crippen LogP contribution in [0.15, 0.2) is 36.7 Å². The van der Waals surface area contributed by atoms with Gasteiger partial charge in [0.15, 0.2) is 0 Å². The Kier molecular flexibility index (Phi) is 5.39. The summed E-state index contributed by atoms with van der Waals surface area (Å²) in [6.45, 7) is 2.40. The molecule has 2 aromatic rings. The molecule has 27 heavy (non-hydrogen) atoms. The molecule has 2 heterocycles. The number of fused-ring (bicyclic) bond motifs is 1. The molecular weight excluding hydrogens is 338 g/mol. The zero-order chi connectivity index (χ0) is 18.6. The maximum Gasteiger partial charge on any atom is 0.253 e. The van der Waals surface area contributed by atoms with Crippen LogP contribution in [0, 0.1) is 0 Å². The van der Waals surface area contributed by atoms with Gasteiger partial charge in [-0.25, -0.2) is 0 Å². The molecule has 4 rings (SSSR count). The Morgan fingerprint density at radius 1 is 1.19 bits per heavy atom. The molecule has 0 radical (unpaired) electrons. The zero-order valence-corrected chi connectivity index (χ0v) is 15.9. The summed E-state index contributed by atoms with van der Waals surface area (Å²) < 4.78 is 5.61. The number of amides is 1. The minimum absolute atomic E-state index is 0.108. The highest BCUT2D eigenvalue weighted by Crippen LogP contribution is 2.30. The molecule has 0 saturated carbocycles. The first kappa shape index (κ1) is 18.0. The smallest absolute Gasteiger partial charge is 0.253 e. The Labute approximate surface area is 160 Å². The van der Waals surface area contributed by atoms with Gasteiger partial charge in [-0.05, 0) is 61.4 Å². The molecule has 1 N–H and O–H groups in total. The standard InChI is InChI=1S/C22H27N3O2/c1-27-21-14-18-4-2-3-17(18)13-19(21)15-24-20-7-11-25(12-8-20)22(26)16-5-9-23-10-6-16/h5-6,9-10,13-14,20,24H,2-4,7-8,11-12,15H2,1H3. The van der Waals surface area contributed by atoms with E-state index in [1.54, 1.807) is 31.6 Å². The van der Waals surface area contributed by atoms with Crippen LogP contribution < -0.4 is 10.1 Å². The van der Waals surface area contributed by atoms with Gasteiger partial charge < -0.3 is 15.0 Å². The molecule has 5 nitrogen and oxygen atoms in total. The molecule has 2 aliphatic rings. The normalized spacial score (nSPS) is 17.0. The molecule has 0 spiro atoms. The van der Waals surface area contributed by atoms with Gasteiger partial charge in [0, 0.05) is 49.2 Å². The second-order valence-electron chi connectivity index (χ2n) is 7.47. The highest BCUT2D eigenvalue weighted by molar-refractivity contribution is 5.94. The summed E-state index contributed by atoms with van der Waals surface area (Å²) in [5, 5.41) is 3.68. The number of pyridine rings is 1. The van der Waals surface area contributed by atoms with E-state index in [-0.39, 0.29) is 5.91 Å². The summed E-state index contributed by atoms with van der Waals surface area (Å²) in [7, 11) is 1.75. The summed E-state index contributed by atoms with van der Waals surface area (Å²) in [5.74, 6) is 1.10. The Morgan fingerprint density at radius 3 is 2.59 bits per heavy atom. The number of nitrogens with one attached hydrogen (secondary N) is 1. The minimum Gasteiger partial charge on any atom is -0.496 e. The fraction of sp³-hybridized carbons (Fsp3) is 0.455. The predicted molar refractivity (Wildman–Crippen MR) is 105 cm³/mol. The van der Waals surface area contributed by atoms with Gasteiger partial charge in [0.2, 0.25) is 0 Å². The molecule has 1 aliphatic heterocycles. The van der Waals surface area contributed by atoms with Crippen molar-refractivity contribution < 1.29 is 9.53 Å². The Bertz CT molecular complexity index is 799.